The van der Waals surface area contributed by atoms with Crippen molar-refractivity contribution >= 4 is 35.2 Å². The zero-order valence-electron chi connectivity index (χ0n) is 19.2. The number of likely N-dealkylation sites (tertiary alicyclic amines) is 1. The fourth-order valence-corrected chi connectivity index (χ4v) is 4.35. The van der Waals surface area contributed by atoms with Crippen LogP contribution in [0.2, 0.25) is 0 Å². The summed E-state index contributed by atoms with van der Waals surface area (Å²) in [7, 11) is 0. The summed E-state index contributed by atoms with van der Waals surface area (Å²) in [5.41, 5.74) is 8.13. The highest BCUT2D eigenvalue weighted by Gasteiger charge is 2.30. The van der Waals surface area contributed by atoms with Gasteiger partial charge in [0.25, 0.3) is 0 Å². The van der Waals surface area contributed by atoms with Gasteiger partial charge in [0.1, 0.15) is 17.8 Å². The third-order valence-corrected chi connectivity index (χ3v) is 5.90. The van der Waals surface area contributed by atoms with E-state index in [0.717, 1.165) is 46.7 Å². The predicted octanol–water partition coefficient (Wildman–Crippen LogP) is 3.65. The summed E-state index contributed by atoms with van der Waals surface area (Å²) in [6.07, 6.45) is 8.72. The minimum absolute atomic E-state index is 0.237. The number of carbonyl (C=O) groups excluding carboxylic acids is 1. The van der Waals surface area contributed by atoms with Crippen LogP contribution in [0.15, 0.2) is 41.8 Å². The topological polar surface area (TPSA) is 95.0 Å². The summed E-state index contributed by atoms with van der Waals surface area (Å²) < 4.78 is 5.51. The van der Waals surface area contributed by atoms with E-state index in [-0.39, 0.29) is 12.1 Å². The van der Waals surface area contributed by atoms with Gasteiger partial charge in [-0.25, -0.2) is 20.2 Å². The Kier molecular flexibility index (Phi) is 5.49. The molecule has 0 bridgehead atoms. The molecule has 5 heterocycles. The number of anilines is 2. The molecular weight excluding hydrogens is 418 g/mol. The summed E-state index contributed by atoms with van der Waals surface area (Å²) in [4.78, 5) is 27.7. The average Bonchev–Trinajstić information content (AvgIpc) is 2.93. The van der Waals surface area contributed by atoms with Crippen LogP contribution in [-0.4, -0.2) is 63.6 Å². The molecule has 0 atom stereocenters. The van der Waals surface area contributed by atoms with Gasteiger partial charge in [-0.05, 0) is 51.8 Å². The standard InChI is InChI=1S/C24H29N7O2/c1-24(2,3)33-23(32)30-11-7-16(8-12-30)29-31-14-19-17-6-10-25-13-20(17)28-22-18(5-4-9-26-22)21(19)27-15-31/h4-6,9-10,13,15-16,29H,7-8,11-12,14H2,1-3H3,(H,26,28). The van der Waals surface area contributed by atoms with E-state index in [0.29, 0.717) is 19.6 Å². The van der Waals surface area contributed by atoms with Crippen LogP contribution in [0.4, 0.5) is 16.3 Å². The molecule has 0 spiro atoms. The van der Waals surface area contributed by atoms with Crippen LogP contribution in [0.3, 0.4) is 0 Å². The molecular formula is C24H29N7O2. The lowest BCUT2D eigenvalue weighted by molar-refractivity contribution is 0.0185. The van der Waals surface area contributed by atoms with Crippen molar-refractivity contribution in [3.05, 3.63) is 47.9 Å². The van der Waals surface area contributed by atoms with Crippen molar-refractivity contribution < 1.29 is 9.53 Å². The first-order valence-corrected chi connectivity index (χ1v) is 11.3. The minimum atomic E-state index is -0.477. The number of hydrazine groups is 1. The average molecular weight is 448 g/mol. The van der Waals surface area contributed by atoms with E-state index < -0.39 is 5.60 Å². The van der Waals surface area contributed by atoms with Crippen LogP contribution >= 0.6 is 0 Å². The van der Waals surface area contributed by atoms with Crippen LogP contribution < -0.4 is 10.7 Å². The molecule has 172 valence electrons. The maximum atomic E-state index is 12.3. The number of amides is 1. The van der Waals surface area contributed by atoms with Gasteiger partial charge in [-0.1, -0.05) is 0 Å². The van der Waals surface area contributed by atoms with Gasteiger partial charge >= 0.3 is 6.09 Å². The maximum Gasteiger partial charge on any atom is 0.410 e. The first-order chi connectivity index (χ1) is 15.9. The van der Waals surface area contributed by atoms with E-state index >= 15 is 0 Å². The number of aliphatic imine (C=N–C) groups is 1. The van der Waals surface area contributed by atoms with Crippen LogP contribution in [0, 0.1) is 0 Å². The molecule has 0 unspecified atom stereocenters. The number of carbonyl (C=O) groups is 1. The number of hydrogen-bond acceptors (Lipinski definition) is 8. The van der Waals surface area contributed by atoms with Crippen molar-refractivity contribution in [2.75, 3.05) is 25.0 Å². The van der Waals surface area contributed by atoms with Gasteiger partial charge in [0, 0.05) is 48.2 Å². The lowest BCUT2D eigenvalue weighted by Gasteiger charge is -2.36. The van der Waals surface area contributed by atoms with Crippen molar-refractivity contribution in [1.82, 2.24) is 25.3 Å². The molecule has 9 nitrogen and oxygen atoms in total. The monoisotopic (exact) mass is 447 g/mol. The van der Waals surface area contributed by atoms with E-state index in [9.17, 15) is 4.79 Å². The highest BCUT2D eigenvalue weighted by molar-refractivity contribution is 6.03. The Bertz CT molecular complexity index is 1110. The Morgan fingerprint density at radius 3 is 2.79 bits per heavy atom. The number of ether oxygens (including phenoxy) is 1. The molecule has 1 fully saturated rings. The summed E-state index contributed by atoms with van der Waals surface area (Å²) in [6.45, 7) is 7.68. The number of pyridine rings is 2. The highest BCUT2D eigenvalue weighted by Crippen LogP contribution is 2.40. The van der Waals surface area contributed by atoms with Crippen molar-refractivity contribution in [3.63, 3.8) is 0 Å². The molecule has 3 aliphatic rings. The highest BCUT2D eigenvalue weighted by atomic mass is 16.6. The van der Waals surface area contributed by atoms with Crippen molar-refractivity contribution in [2.24, 2.45) is 4.99 Å². The molecule has 0 aromatic carbocycles. The Morgan fingerprint density at radius 1 is 1.18 bits per heavy atom. The molecule has 0 saturated carbocycles. The molecule has 2 aromatic heterocycles. The normalized spacial score (nSPS) is 18.2. The van der Waals surface area contributed by atoms with Gasteiger partial charge in [-0.3, -0.25) is 9.99 Å². The van der Waals surface area contributed by atoms with Crippen LogP contribution in [0.5, 0.6) is 0 Å². The van der Waals surface area contributed by atoms with Crippen molar-refractivity contribution in [3.8, 4) is 0 Å². The van der Waals surface area contributed by atoms with Gasteiger partial charge < -0.3 is 15.0 Å². The third-order valence-electron chi connectivity index (χ3n) is 5.90. The molecule has 1 saturated heterocycles. The Labute approximate surface area is 193 Å². The maximum absolute atomic E-state index is 12.3. The zero-order valence-corrected chi connectivity index (χ0v) is 19.2. The summed E-state index contributed by atoms with van der Waals surface area (Å²) in [5.74, 6) is 0.782. The van der Waals surface area contributed by atoms with E-state index in [1.165, 1.54) is 0 Å². The SMILES string of the molecule is CC(C)(C)OC(=O)N1CCC(NN2C=NC3=C(C2)c2ccncc2Nc2ncccc23)CC1. The second kappa shape index (κ2) is 8.47. The largest absolute Gasteiger partial charge is 0.444 e. The first kappa shape index (κ1) is 21.4. The van der Waals surface area contributed by atoms with Gasteiger partial charge in [-0.15, -0.1) is 0 Å². The predicted molar refractivity (Wildman–Crippen MR) is 128 cm³/mol. The molecule has 2 aromatic rings. The number of hydrogen-bond donors (Lipinski definition) is 2. The van der Waals surface area contributed by atoms with E-state index in [1.54, 1.807) is 17.3 Å². The number of aromatic nitrogens is 2. The van der Waals surface area contributed by atoms with Crippen LogP contribution in [-0.2, 0) is 4.74 Å². The fraction of sp³-hybridized carbons (Fsp3) is 0.417. The number of rotatable bonds is 2. The Balaban J connectivity index is 1.29. The second-order valence-corrected chi connectivity index (χ2v) is 9.52. The first-order valence-electron chi connectivity index (χ1n) is 11.3. The smallest absolute Gasteiger partial charge is 0.410 e. The van der Waals surface area contributed by atoms with Crippen LogP contribution in [0.1, 0.15) is 44.7 Å². The quantitative estimate of drug-likeness (QED) is 0.726. The lowest BCUT2D eigenvalue weighted by Crippen LogP contribution is -2.51. The van der Waals surface area contributed by atoms with E-state index in [1.807, 2.05) is 56.5 Å². The summed E-state index contributed by atoms with van der Waals surface area (Å²) in [6, 6.07) is 6.24. The Morgan fingerprint density at radius 2 is 2.00 bits per heavy atom. The van der Waals surface area contributed by atoms with Gasteiger partial charge in [0.05, 0.1) is 24.1 Å². The van der Waals surface area contributed by atoms with Gasteiger partial charge in [0.2, 0.25) is 0 Å². The second-order valence-electron chi connectivity index (χ2n) is 9.52. The van der Waals surface area contributed by atoms with Crippen molar-refractivity contribution in [2.45, 2.75) is 45.3 Å². The molecule has 5 rings (SSSR count). The summed E-state index contributed by atoms with van der Waals surface area (Å²) >= 11 is 0. The Hall–Kier alpha value is -3.46. The molecule has 3 aliphatic heterocycles. The fourth-order valence-electron chi connectivity index (χ4n) is 4.35. The molecule has 0 radical (unpaired) electrons. The van der Waals surface area contributed by atoms with Gasteiger partial charge in [-0.2, -0.15) is 0 Å². The molecule has 1 amide bonds. The number of fused-ring (bicyclic) bond motifs is 4. The van der Waals surface area contributed by atoms with E-state index in [4.69, 9.17) is 9.73 Å². The number of nitrogens with one attached hydrogen (secondary N) is 2. The number of piperidine rings is 1. The molecule has 0 aliphatic carbocycles. The number of nitrogens with zero attached hydrogens (tertiary/aromatic N) is 5. The van der Waals surface area contributed by atoms with Crippen LogP contribution in [0.25, 0.3) is 11.3 Å². The lowest BCUT2D eigenvalue weighted by atomic mass is 10.00. The van der Waals surface area contributed by atoms with Crippen molar-refractivity contribution in [1.29, 1.82) is 0 Å². The van der Waals surface area contributed by atoms with E-state index in [2.05, 4.69) is 20.7 Å². The van der Waals surface area contributed by atoms with Gasteiger partial charge in [0.15, 0.2) is 0 Å². The molecule has 9 heteroatoms. The molecule has 2 N–H and O–H groups in total. The zero-order chi connectivity index (χ0) is 23.0. The summed E-state index contributed by atoms with van der Waals surface area (Å²) in [5, 5.41) is 5.45. The third kappa shape index (κ3) is 4.54. The molecule has 33 heavy (non-hydrogen) atoms. The minimum Gasteiger partial charge on any atom is -0.444 e.